The maximum absolute atomic E-state index is 14.2. The smallest absolute Gasteiger partial charge is 0.252 e. The molecule has 4 rings (SSSR count). The molecule has 0 spiro atoms. The largest absolute Gasteiger partial charge is 0.453 e. The molecule has 0 aliphatic rings. The Labute approximate surface area is 179 Å². The van der Waals surface area contributed by atoms with Crippen molar-refractivity contribution in [1.29, 1.82) is 0 Å². The fourth-order valence-electron chi connectivity index (χ4n) is 3.16. The minimum atomic E-state index is -4.66. The second-order valence-electron chi connectivity index (χ2n) is 7.55. The third-order valence-electron chi connectivity index (χ3n) is 4.95. The van der Waals surface area contributed by atoms with E-state index < -0.39 is 29.1 Å². The molecule has 0 saturated carbocycles. The fourth-order valence-corrected chi connectivity index (χ4v) is 3.16. The van der Waals surface area contributed by atoms with Gasteiger partial charge in [0.05, 0.1) is 17.1 Å². The van der Waals surface area contributed by atoms with Gasteiger partial charge in [0.15, 0.2) is 5.82 Å². The number of alkyl halides is 3. The van der Waals surface area contributed by atoms with Crippen molar-refractivity contribution in [2.24, 2.45) is 0 Å². The Morgan fingerprint density at radius 1 is 0.844 bits per heavy atom. The normalized spacial score (nSPS) is 12.2. The molecule has 0 amide bonds. The lowest BCUT2D eigenvalue weighted by atomic mass is 9.84. The van der Waals surface area contributed by atoms with Crippen LogP contribution in [0, 0.1) is 11.6 Å². The van der Waals surface area contributed by atoms with Crippen LogP contribution in [0.3, 0.4) is 0 Å². The molecule has 0 fully saturated rings. The third kappa shape index (κ3) is 4.08. The van der Waals surface area contributed by atoms with Crippen LogP contribution in [-0.4, -0.2) is 24.7 Å². The SMILES string of the molecule is CC(C)(c1cccc(-c2ccc(F)cc2F)n1)c1cccc(-n2cnc(C(F)(F)F)n2)n1. The van der Waals surface area contributed by atoms with Crippen molar-refractivity contribution in [3.05, 3.63) is 89.8 Å². The van der Waals surface area contributed by atoms with E-state index in [-0.39, 0.29) is 11.4 Å². The quantitative estimate of drug-likeness (QED) is 0.398. The molecule has 0 aliphatic carbocycles. The molecular formula is C22H16F5N5. The summed E-state index contributed by atoms with van der Waals surface area (Å²) in [4.78, 5) is 12.3. The highest BCUT2D eigenvalue weighted by atomic mass is 19.4. The van der Waals surface area contributed by atoms with Crippen LogP contribution in [0.5, 0.6) is 0 Å². The first kappa shape index (κ1) is 21.5. The maximum atomic E-state index is 14.2. The first-order chi connectivity index (χ1) is 15.1. The average Bonchev–Trinajstić information content (AvgIpc) is 3.25. The molecule has 3 aromatic heterocycles. The van der Waals surface area contributed by atoms with Crippen molar-refractivity contribution in [3.8, 4) is 17.1 Å². The number of nitrogens with zero attached hydrogens (tertiary/aromatic N) is 5. The highest BCUT2D eigenvalue weighted by Gasteiger charge is 2.36. The average molecular weight is 445 g/mol. The van der Waals surface area contributed by atoms with Gasteiger partial charge in [0.1, 0.15) is 18.0 Å². The summed E-state index contributed by atoms with van der Waals surface area (Å²) in [7, 11) is 0. The van der Waals surface area contributed by atoms with Gasteiger partial charge in [-0.1, -0.05) is 12.1 Å². The van der Waals surface area contributed by atoms with Crippen molar-refractivity contribution in [1.82, 2.24) is 24.7 Å². The number of aromatic nitrogens is 5. The Hall–Kier alpha value is -3.69. The van der Waals surface area contributed by atoms with Gasteiger partial charge in [0.25, 0.3) is 5.82 Å². The van der Waals surface area contributed by atoms with E-state index in [1.54, 1.807) is 30.3 Å². The van der Waals surface area contributed by atoms with Gasteiger partial charge in [0, 0.05) is 17.0 Å². The Balaban J connectivity index is 1.71. The van der Waals surface area contributed by atoms with Crippen LogP contribution in [0.1, 0.15) is 31.1 Å². The molecule has 32 heavy (non-hydrogen) atoms. The van der Waals surface area contributed by atoms with E-state index in [9.17, 15) is 22.0 Å². The van der Waals surface area contributed by atoms with E-state index in [1.165, 1.54) is 12.1 Å². The second-order valence-corrected chi connectivity index (χ2v) is 7.55. The number of benzene rings is 1. The summed E-state index contributed by atoms with van der Waals surface area (Å²) in [6, 6.07) is 13.1. The van der Waals surface area contributed by atoms with Crippen LogP contribution >= 0.6 is 0 Å². The number of hydrogen-bond donors (Lipinski definition) is 0. The van der Waals surface area contributed by atoms with Crippen LogP contribution in [0.15, 0.2) is 60.9 Å². The molecule has 164 valence electrons. The number of halogens is 5. The van der Waals surface area contributed by atoms with Gasteiger partial charge in [0.2, 0.25) is 0 Å². The highest BCUT2D eigenvalue weighted by molar-refractivity contribution is 5.60. The van der Waals surface area contributed by atoms with Crippen molar-refractivity contribution in [3.63, 3.8) is 0 Å². The molecule has 0 N–H and O–H groups in total. The molecule has 5 nitrogen and oxygen atoms in total. The predicted molar refractivity (Wildman–Crippen MR) is 106 cm³/mol. The van der Waals surface area contributed by atoms with Crippen LogP contribution in [0.25, 0.3) is 17.1 Å². The predicted octanol–water partition coefficient (Wildman–Crippen LogP) is 5.35. The van der Waals surface area contributed by atoms with Gasteiger partial charge in [-0.3, -0.25) is 4.98 Å². The first-order valence-corrected chi connectivity index (χ1v) is 9.45. The zero-order chi connectivity index (χ0) is 23.1. The van der Waals surface area contributed by atoms with Gasteiger partial charge < -0.3 is 0 Å². The molecule has 4 aromatic rings. The van der Waals surface area contributed by atoms with Crippen molar-refractivity contribution >= 4 is 0 Å². The van der Waals surface area contributed by atoms with Gasteiger partial charge in [-0.05, 0) is 50.2 Å². The van der Waals surface area contributed by atoms with E-state index in [1.807, 2.05) is 13.8 Å². The molecule has 1 aromatic carbocycles. The van der Waals surface area contributed by atoms with Crippen LogP contribution in [0.2, 0.25) is 0 Å². The number of pyridine rings is 2. The van der Waals surface area contributed by atoms with E-state index in [2.05, 4.69) is 20.1 Å². The van der Waals surface area contributed by atoms with Crippen molar-refractivity contribution in [2.75, 3.05) is 0 Å². The Morgan fingerprint density at radius 2 is 1.53 bits per heavy atom. The van der Waals surface area contributed by atoms with E-state index >= 15 is 0 Å². The monoisotopic (exact) mass is 445 g/mol. The van der Waals surface area contributed by atoms with Gasteiger partial charge in [-0.2, -0.15) is 13.2 Å². The van der Waals surface area contributed by atoms with Crippen molar-refractivity contribution < 1.29 is 22.0 Å². The summed E-state index contributed by atoms with van der Waals surface area (Å²) in [5.41, 5.74) is 0.709. The Morgan fingerprint density at radius 3 is 2.19 bits per heavy atom. The lowest BCUT2D eigenvalue weighted by Crippen LogP contribution is -2.23. The summed E-state index contributed by atoms with van der Waals surface area (Å²) < 4.78 is 66.9. The summed E-state index contributed by atoms with van der Waals surface area (Å²) in [5, 5.41) is 3.45. The molecule has 0 atom stereocenters. The number of rotatable bonds is 4. The zero-order valence-electron chi connectivity index (χ0n) is 16.9. The van der Waals surface area contributed by atoms with Crippen LogP contribution < -0.4 is 0 Å². The lowest BCUT2D eigenvalue weighted by Gasteiger charge is -2.24. The van der Waals surface area contributed by atoms with Crippen molar-refractivity contribution in [2.45, 2.75) is 25.4 Å². The third-order valence-corrected chi connectivity index (χ3v) is 4.95. The Kier molecular flexibility index (Phi) is 5.23. The highest BCUT2D eigenvalue weighted by Crippen LogP contribution is 2.32. The summed E-state index contributed by atoms with van der Waals surface area (Å²) in [6.45, 7) is 3.66. The lowest BCUT2D eigenvalue weighted by molar-refractivity contribution is -0.144. The molecule has 0 saturated heterocycles. The number of hydrogen-bond acceptors (Lipinski definition) is 4. The minimum absolute atomic E-state index is 0.146. The Bertz CT molecular complexity index is 1280. The molecule has 0 radical (unpaired) electrons. The molecule has 0 unspecified atom stereocenters. The molecule has 0 bridgehead atoms. The topological polar surface area (TPSA) is 56.5 Å². The molecule has 10 heteroatoms. The van der Waals surface area contributed by atoms with Crippen LogP contribution in [0.4, 0.5) is 22.0 Å². The van der Waals surface area contributed by atoms with E-state index in [0.29, 0.717) is 17.1 Å². The molecular weight excluding hydrogens is 429 g/mol. The zero-order valence-corrected chi connectivity index (χ0v) is 16.9. The molecule has 0 aliphatic heterocycles. The fraction of sp³-hybridized carbons (Fsp3) is 0.182. The standard InChI is InChI=1S/C22H16F5N5/c1-21(2,17-6-3-5-16(29-17)14-10-9-13(23)11-15(14)24)18-7-4-8-19(30-18)32-12-28-20(31-32)22(25,26)27/h3-12H,1-2H3. The summed E-state index contributed by atoms with van der Waals surface area (Å²) in [5.74, 6) is -2.54. The van der Waals surface area contributed by atoms with Gasteiger partial charge >= 0.3 is 6.18 Å². The van der Waals surface area contributed by atoms with E-state index in [0.717, 1.165) is 23.1 Å². The summed E-state index contributed by atoms with van der Waals surface area (Å²) >= 11 is 0. The maximum Gasteiger partial charge on any atom is 0.453 e. The first-order valence-electron chi connectivity index (χ1n) is 9.45. The van der Waals surface area contributed by atoms with Gasteiger partial charge in [-0.25, -0.2) is 23.4 Å². The van der Waals surface area contributed by atoms with Gasteiger partial charge in [-0.15, -0.1) is 5.10 Å². The van der Waals surface area contributed by atoms with Crippen LogP contribution in [-0.2, 0) is 11.6 Å². The van der Waals surface area contributed by atoms with E-state index in [4.69, 9.17) is 0 Å². The second kappa shape index (κ2) is 7.77. The minimum Gasteiger partial charge on any atom is -0.252 e. The summed E-state index contributed by atoms with van der Waals surface area (Å²) in [6.07, 6.45) is -3.72. The molecule has 3 heterocycles.